The number of carbonyl (C=O) groups is 2. The summed E-state index contributed by atoms with van der Waals surface area (Å²) in [5.41, 5.74) is -1.64. The second kappa shape index (κ2) is 5.99. The predicted molar refractivity (Wildman–Crippen MR) is 80.9 cm³/mol. The van der Waals surface area contributed by atoms with Crippen molar-refractivity contribution < 1.29 is 24.5 Å². The molecule has 2 rings (SSSR count). The SMILES string of the molecule is COC1=CC(=O)C(=C(O)C=Cc2ccccc2)C(=O)C1(C)O. The Kier molecular flexibility index (Phi) is 4.28. The van der Waals surface area contributed by atoms with E-state index < -0.39 is 28.5 Å². The highest BCUT2D eigenvalue weighted by atomic mass is 16.5. The van der Waals surface area contributed by atoms with E-state index in [2.05, 4.69) is 0 Å². The fraction of sp³-hybridized carbons (Fsp3) is 0.176. The van der Waals surface area contributed by atoms with E-state index in [0.717, 1.165) is 11.6 Å². The molecule has 2 N–H and O–H groups in total. The maximum atomic E-state index is 12.2. The summed E-state index contributed by atoms with van der Waals surface area (Å²) in [6.07, 6.45) is 3.82. The van der Waals surface area contributed by atoms with Gasteiger partial charge in [0.2, 0.25) is 5.78 Å². The number of ketones is 2. The first-order valence-corrected chi connectivity index (χ1v) is 6.62. The molecule has 1 aromatic carbocycles. The second-order valence-corrected chi connectivity index (χ2v) is 4.98. The van der Waals surface area contributed by atoms with E-state index >= 15 is 0 Å². The highest BCUT2D eigenvalue weighted by molar-refractivity contribution is 6.30. The Morgan fingerprint density at radius 2 is 1.86 bits per heavy atom. The maximum absolute atomic E-state index is 12.2. The number of methoxy groups -OCH3 is 1. The summed E-state index contributed by atoms with van der Waals surface area (Å²) in [4.78, 5) is 24.2. The van der Waals surface area contributed by atoms with Crippen molar-refractivity contribution in [2.45, 2.75) is 12.5 Å². The van der Waals surface area contributed by atoms with Gasteiger partial charge in [-0.15, -0.1) is 0 Å². The van der Waals surface area contributed by atoms with Crippen molar-refractivity contribution in [1.29, 1.82) is 0 Å². The van der Waals surface area contributed by atoms with Gasteiger partial charge in [0.15, 0.2) is 11.4 Å². The number of carbonyl (C=O) groups excluding carboxylic acids is 2. The molecule has 0 heterocycles. The molecule has 114 valence electrons. The van der Waals surface area contributed by atoms with E-state index in [9.17, 15) is 19.8 Å². The zero-order valence-corrected chi connectivity index (χ0v) is 12.2. The van der Waals surface area contributed by atoms with Gasteiger partial charge in [-0.2, -0.15) is 0 Å². The van der Waals surface area contributed by atoms with Crippen LogP contribution in [0.3, 0.4) is 0 Å². The lowest BCUT2D eigenvalue weighted by Crippen LogP contribution is -2.44. The highest BCUT2D eigenvalue weighted by Gasteiger charge is 2.45. The van der Waals surface area contributed by atoms with Crippen LogP contribution in [0, 0.1) is 0 Å². The predicted octanol–water partition coefficient (Wildman–Crippen LogP) is 1.94. The van der Waals surface area contributed by atoms with E-state index in [4.69, 9.17) is 4.74 Å². The van der Waals surface area contributed by atoms with E-state index in [1.807, 2.05) is 18.2 Å². The first-order valence-electron chi connectivity index (χ1n) is 6.62. The number of aliphatic hydroxyl groups is 2. The summed E-state index contributed by atoms with van der Waals surface area (Å²) >= 11 is 0. The summed E-state index contributed by atoms with van der Waals surface area (Å²) in [6, 6.07) is 9.09. The molecule has 0 saturated heterocycles. The van der Waals surface area contributed by atoms with Crippen molar-refractivity contribution in [1.82, 2.24) is 0 Å². The maximum Gasteiger partial charge on any atom is 0.209 e. The van der Waals surface area contributed by atoms with Gasteiger partial charge >= 0.3 is 0 Å². The number of hydrogen-bond acceptors (Lipinski definition) is 5. The van der Waals surface area contributed by atoms with Crippen LogP contribution >= 0.6 is 0 Å². The Morgan fingerprint density at radius 1 is 1.23 bits per heavy atom. The molecule has 1 aliphatic carbocycles. The highest BCUT2D eigenvalue weighted by Crippen LogP contribution is 2.29. The summed E-state index contributed by atoms with van der Waals surface area (Å²) < 4.78 is 4.85. The number of ether oxygens (including phenoxy) is 1. The molecule has 1 aliphatic rings. The molecule has 1 aromatic rings. The molecule has 0 amide bonds. The van der Waals surface area contributed by atoms with Gasteiger partial charge in [0.1, 0.15) is 17.1 Å². The van der Waals surface area contributed by atoms with Gasteiger partial charge in [-0.1, -0.05) is 36.4 Å². The van der Waals surface area contributed by atoms with Gasteiger partial charge in [-0.25, -0.2) is 0 Å². The van der Waals surface area contributed by atoms with Crippen LogP contribution in [-0.2, 0) is 14.3 Å². The molecular weight excluding hydrogens is 284 g/mol. The van der Waals surface area contributed by atoms with Crippen molar-refractivity contribution in [2.75, 3.05) is 7.11 Å². The van der Waals surface area contributed by atoms with Crippen LogP contribution in [0.5, 0.6) is 0 Å². The molecule has 1 unspecified atom stereocenters. The number of Topliss-reactive ketones (excluding diaryl/α,β-unsaturated/α-hetero) is 1. The normalized spacial score (nSPS) is 24.4. The minimum absolute atomic E-state index is 0.147. The molecule has 1 atom stereocenters. The molecule has 5 nitrogen and oxygen atoms in total. The van der Waals surface area contributed by atoms with Crippen LogP contribution in [0.1, 0.15) is 12.5 Å². The Morgan fingerprint density at radius 3 is 2.45 bits per heavy atom. The van der Waals surface area contributed by atoms with Crippen LogP contribution in [0.2, 0.25) is 0 Å². The lowest BCUT2D eigenvalue weighted by Gasteiger charge is -2.28. The smallest absolute Gasteiger partial charge is 0.209 e. The van der Waals surface area contributed by atoms with Gasteiger partial charge in [-0.3, -0.25) is 9.59 Å². The zero-order valence-electron chi connectivity index (χ0n) is 12.2. The minimum atomic E-state index is -1.98. The summed E-state index contributed by atoms with van der Waals surface area (Å²) in [7, 11) is 1.25. The topological polar surface area (TPSA) is 83.8 Å². The van der Waals surface area contributed by atoms with Crippen molar-refractivity contribution in [2.24, 2.45) is 0 Å². The monoisotopic (exact) mass is 300 g/mol. The fourth-order valence-electron chi connectivity index (χ4n) is 2.12. The third kappa shape index (κ3) is 2.84. The number of allylic oxidation sites excluding steroid dienone is 2. The van der Waals surface area contributed by atoms with Crippen LogP contribution in [0.4, 0.5) is 0 Å². The fourth-order valence-corrected chi connectivity index (χ4v) is 2.12. The number of rotatable bonds is 3. The third-order valence-corrected chi connectivity index (χ3v) is 3.37. The first-order chi connectivity index (χ1) is 10.4. The third-order valence-electron chi connectivity index (χ3n) is 3.37. The van der Waals surface area contributed by atoms with Crippen LogP contribution in [0.25, 0.3) is 6.08 Å². The number of aliphatic hydroxyl groups excluding tert-OH is 1. The largest absolute Gasteiger partial charge is 0.507 e. The Bertz CT molecular complexity index is 693. The van der Waals surface area contributed by atoms with Gasteiger partial charge in [-0.05, 0) is 18.6 Å². The van der Waals surface area contributed by atoms with Crippen molar-refractivity contribution >= 4 is 17.6 Å². The molecule has 0 saturated carbocycles. The van der Waals surface area contributed by atoms with E-state index in [1.54, 1.807) is 18.2 Å². The van der Waals surface area contributed by atoms with Gasteiger partial charge in [0.05, 0.1) is 7.11 Å². The van der Waals surface area contributed by atoms with Crippen molar-refractivity contribution in [3.05, 3.63) is 65.1 Å². The number of hydrogen-bond donors (Lipinski definition) is 2. The first kappa shape index (κ1) is 15.7. The van der Waals surface area contributed by atoms with Gasteiger partial charge in [0.25, 0.3) is 0 Å². The quantitative estimate of drug-likeness (QED) is 0.506. The summed E-state index contributed by atoms with van der Waals surface area (Å²) in [6.45, 7) is 1.21. The lowest BCUT2D eigenvalue weighted by atomic mass is 9.84. The number of benzene rings is 1. The molecule has 0 aliphatic heterocycles. The molecule has 0 spiro atoms. The van der Waals surface area contributed by atoms with Crippen LogP contribution < -0.4 is 0 Å². The van der Waals surface area contributed by atoms with Crippen molar-refractivity contribution in [3.8, 4) is 0 Å². The second-order valence-electron chi connectivity index (χ2n) is 4.98. The molecular formula is C17H16O5. The standard InChI is InChI=1S/C17H16O5/c1-17(21)14(22-2)10-13(19)15(16(17)20)12(18)9-8-11-6-4-3-5-7-11/h3-10,18,21H,1-2H3. The molecule has 0 bridgehead atoms. The van der Waals surface area contributed by atoms with E-state index in [1.165, 1.54) is 20.1 Å². The molecule has 5 heteroatoms. The Balaban J connectivity index is 2.42. The lowest BCUT2D eigenvalue weighted by molar-refractivity contribution is -0.134. The van der Waals surface area contributed by atoms with Gasteiger partial charge in [0, 0.05) is 6.08 Å². The molecule has 0 fully saturated rings. The molecule has 0 radical (unpaired) electrons. The molecule has 0 aromatic heterocycles. The van der Waals surface area contributed by atoms with Gasteiger partial charge < -0.3 is 14.9 Å². The average Bonchev–Trinajstić information content (AvgIpc) is 2.50. The van der Waals surface area contributed by atoms with Crippen LogP contribution in [-0.4, -0.2) is 34.5 Å². The summed E-state index contributed by atoms with van der Waals surface area (Å²) in [5.74, 6) is -2.24. The minimum Gasteiger partial charge on any atom is -0.507 e. The van der Waals surface area contributed by atoms with E-state index in [0.29, 0.717) is 0 Å². The van der Waals surface area contributed by atoms with Crippen LogP contribution in [0.15, 0.2) is 59.6 Å². The van der Waals surface area contributed by atoms with E-state index in [-0.39, 0.29) is 5.76 Å². The Hall–Kier alpha value is -2.66. The Labute approximate surface area is 127 Å². The zero-order chi connectivity index (χ0) is 16.3. The molecule has 22 heavy (non-hydrogen) atoms. The summed E-state index contributed by atoms with van der Waals surface area (Å²) in [5, 5.41) is 20.2. The van der Waals surface area contributed by atoms with Crippen molar-refractivity contribution in [3.63, 3.8) is 0 Å². The average molecular weight is 300 g/mol.